The van der Waals surface area contributed by atoms with Gasteiger partial charge in [-0.1, -0.05) is 0 Å². The number of rotatable bonds is 4. The molecule has 0 saturated carbocycles. The largest absolute Gasteiger partial charge is 0.480 e. The number of carbonyl (C=O) groups is 1. The van der Waals surface area contributed by atoms with Gasteiger partial charge in [-0.2, -0.15) is 4.31 Å². The predicted octanol–water partition coefficient (Wildman–Crippen LogP) is -2.02. The first-order chi connectivity index (χ1) is 7.36. The zero-order valence-corrected chi connectivity index (χ0v) is 9.98. The van der Waals surface area contributed by atoms with Crippen molar-refractivity contribution in [3.05, 3.63) is 0 Å². The molecule has 1 aliphatic rings. The highest BCUT2D eigenvalue weighted by atomic mass is 32.2. The molecule has 0 bridgehead atoms. The van der Waals surface area contributed by atoms with E-state index in [0.29, 0.717) is 26.2 Å². The SMILES string of the molecule is CS(=O)(=O)N1CCN(C(CN)C(=O)O)CC1. The Morgan fingerprint density at radius 3 is 2.19 bits per heavy atom. The molecular weight excluding hydrogens is 234 g/mol. The van der Waals surface area contributed by atoms with Crippen LogP contribution in [0, 0.1) is 0 Å². The van der Waals surface area contributed by atoms with Crippen LogP contribution in [0.1, 0.15) is 0 Å². The van der Waals surface area contributed by atoms with Crippen molar-refractivity contribution in [3.8, 4) is 0 Å². The summed E-state index contributed by atoms with van der Waals surface area (Å²) in [6.07, 6.45) is 1.15. The molecule has 3 N–H and O–H groups in total. The second-order valence-corrected chi connectivity index (χ2v) is 5.77. The summed E-state index contributed by atoms with van der Waals surface area (Å²) in [5.74, 6) is -0.963. The van der Waals surface area contributed by atoms with Gasteiger partial charge in [0.05, 0.1) is 6.26 Å². The molecule has 16 heavy (non-hydrogen) atoms. The van der Waals surface area contributed by atoms with E-state index in [1.54, 1.807) is 4.90 Å². The van der Waals surface area contributed by atoms with Crippen LogP contribution in [0.15, 0.2) is 0 Å². The van der Waals surface area contributed by atoms with Crippen molar-refractivity contribution in [2.45, 2.75) is 6.04 Å². The summed E-state index contributed by atoms with van der Waals surface area (Å²) in [5.41, 5.74) is 5.37. The summed E-state index contributed by atoms with van der Waals surface area (Å²) >= 11 is 0. The van der Waals surface area contributed by atoms with Crippen molar-refractivity contribution >= 4 is 16.0 Å². The van der Waals surface area contributed by atoms with Gasteiger partial charge in [-0.3, -0.25) is 9.69 Å². The van der Waals surface area contributed by atoms with E-state index in [0.717, 1.165) is 6.26 Å². The van der Waals surface area contributed by atoms with Crippen molar-refractivity contribution in [2.24, 2.45) is 5.73 Å². The van der Waals surface area contributed by atoms with Crippen molar-refractivity contribution < 1.29 is 18.3 Å². The minimum Gasteiger partial charge on any atom is -0.480 e. The normalized spacial score (nSPS) is 21.9. The van der Waals surface area contributed by atoms with Gasteiger partial charge < -0.3 is 10.8 Å². The Labute approximate surface area is 94.9 Å². The lowest BCUT2D eigenvalue weighted by Crippen LogP contribution is -2.55. The number of carboxylic acids is 1. The van der Waals surface area contributed by atoms with E-state index >= 15 is 0 Å². The summed E-state index contributed by atoms with van der Waals surface area (Å²) in [6.45, 7) is 1.49. The van der Waals surface area contributed by atoms with E-state index in [4.69, 9.17) is 10.8 Å². The topological polar surface area (TPSA) is 104 Å². The maximum atomic E-state index is 11.2. The van der Waals surface area contributed by atoms with Gasteiger partial charge in [0, 0.05) is 32.7 Å². The van der Waals surface area contributed by atoms with Crippen LogP contribution in [-0.2, 0) is 14.8 Å². The monoisotopic (exact) mass is 251 g/mol. The minimum atomic E-state index is -3.17. The zero-order chi connectivity index (χ0) is 12.3. The van der Waals surface area contributed by atoms with E-state index < -0.39 is 22.0 Å². The molecule has 7 nitrogen and oxygen atoms in total. The van der Waals surface area contributed by atoms with Crippen LogP contribution in [0.4, 0.5) is 0 Å². The van der Waals surface area contributed by atoms with Gasteiger partial charge in [0.15, 0.2) is 0 Å². The number of sulfonamides is 1. The van der Waals surface area contributed by atoms with Crippen LogP contribution in [0.25, 0.3) is 0 Å². The predicted molar refractivity (Wildman–Crippen MR) is 58.5 cm³/mol. The molecule has 8 heteroatoms. The highest BCUT2D eigenvalue weighted by Crippen LogP contribution is 2.08. The van der Waals surface area contributed by atoms with Crippen LogP contribution >= 0.6 is 0 Å². The number of nitrogens with zero attached hydrogens (tertiary/aromatic N) is 2. The number of piperazine rings is 1. The van der Waals surface area contributed by atoms with Gasteiger partial charge in [0.25, 0.3) is 0 Å². The summed E-state index contributed by atoms with van der Waals surface area (Å²) in [5, 5.41) is 8.90. The van der Waals surface area contributed by atoms with Crippen molar-refractivity contribution in [2.75, 3.05) is 39.0 Å². The van der Waals surface area contributed by atoms with Gasteiger partial charge in [-0.15, -0.1) is 0 Å². The third-order valence-electron chi connectivity index (χ3n) is 2.69. The van der Waals surface area contributed by atoms with Gasteiger partial charge >= 0.3 is 5.97 Å². The van der Waals surface area contributed by atoms with Crippen LogP contribution < -0.4 is 5.73 Å². The molecule has 0 aromatic heterocycles. The second kappa shape index (κ2) is 5.09. The standard InChI is InChI=1S/C8H17N3O4S/c1-16(14,15)11-4-2-10(3-5-11)7(6-9)8(12)13/h7H,2-6,9H2,1H3,(H,12,13). The lowest BCUT2D eigenvalue weighted by atomic mass is 10.2. The Morgan fingerprint density at radius 1 is 1.38 bits per heavy atom. The van der Waals surface area contributed by atoms with Crippen LogP contribution in [0.2, 0.25) is 0 Å². The molecule has 1 fully saturated rings. The number of hydrogen-bond donors (Lipinski definition) is 2. The molecule has 1 unspecified atom stereocenters. The molecule has 0 radical (unpaired) electrons. The third-order valence-corrected chi connectivity index (χ3v) is 3.99. The molecule has 0 aromatic rings. The lowest BCUT2D eigenvalue weighted by molar-refractivity contribution is -0.143. The lowest BCUT2D eigenvalue weighted by Gasteiger charge is -2.36. The Kier molecular flexibility index (Phi) is 4.25. The zero-order valence-electron chi connectivity index (χ0n) is 9.16. The van der Waals surface area contributed by atoms with Gasteiger partial charge in [0.1, 0.15) is 6.04 Å². The molecule has 94 valence electrons. The fourth-order valence-corrected chi connectivity index (χ4v) is 2.58. The van der Waals surface area contributed by atoms with Crippen LogP contribution in [0.5, 0.6) is 0 Å². The van der Waals surface area contributed by atoms with Crippen LogP contribution in [-0.4, -0.2) is 73.7 Å². The molecule has 1 rings (SSSR count). The molecule has 0 spiro atoms. The highest BCUT2D eigenvalue weighted by molar-refractivity contribution is 7.88. The smallest absolute Gasteiger partial charge is 0.322 e. The van der Waals surface area contributed by atoms with Crippen molar-refractivity contribution in [3.63, 3.8) is 0 Å². The molecule has 0 amide bonds. The molecule has 1 saturated heterocycles. The summed E-state index contributed by atoms with van der Waals surface area (Å²) in [4.78, 5) is 12.6. The second-order valence-electron chi connectivity index (χ2n) is 3.79. The number of aliphatic carboxylic acids is 1. The first-order valence-corrected chi connectivity index (χ1v) is 6.83. The van der Waals surface area contributed by atoms with Crippen molar-refractivity contribution in [1.29, 1.82) is 0 Å². The van der Waals surface area contributed by atoms with E-state index in [9.17, 15) is 13.2 Å². The quantitative estimate of drug-likeness (QED) is 0.597. The van der Waals surface area contributed by atoms with E-state index in [1.165, 1.54) is 4.31 Å². The van der Waals surface area contributed by atoms with Gasteiger partial charge in [0.2, 0.25) is 10.0 Å². The van der Waals surface area contributed by atoms with Gasteiger partial charge in [-0.25, -0.2) is 8.42 Å². The first kappa shape index (κ1) is 13.4. The Bertz CT molecular complexity index is 348. The fourth-order valence-electron chi connectivity index (χ4n) is 1.75. The Hall–Kier alpha value is -0.700. The fraction of sp³-hybridized carbons (Fsp3) is 0.875. The van der Waals surface area contributed by atoms with E-state index in [-0.39, 0.29) is 6.54 Å². The minimum absolute atomic E-state index is 0.0359. The third kappa shape index (κ3) is 3.14. The van der Waals surface area contributed by atoms with Gasteiger partial charge in [-0.05, 0) is 0 Å². The van der Waals surface area contributed by atoms with Crippen LogP contribution in [0.3, 0.4) is 0 Å². The van der Waals surface area contributed by atoms with E-state index in [1.807, 2.05) is 0 Å². The van der Waals surface area contributed by atoms with E-state index in [2.05, 4.69) is 0 Å². The molecule has 1 heterocycles. The maximum Gasteiger partial charge on any atom is 0.322 e. The average molecular weight is 251 g/mol. The summed E-state index contributed by atoms with van der Waals surface area (Å²) in [6, 6.07) is -0.721. The summed E-state index contributed by atoms with van der Waals surface area (Å²) in [7, 11) is -3.17. The summed E-state index contributed by atoms with van der Waals surface area (Å²) < 4.78 is 23.8. The number of carboxylic acid groups (broad SMARTS) is 1. The maximum absolute atomic E-state index is 11.2. The highest BCUT2D eigenvalue weighted by Gasteiger charge is 2.30. The Morgan fingerprint density at radius 2 is 1.88 bits per heavy atom. The molecule has 0 aromatic carbocycles. The molecule has 0 aliphatic carbocycles. The van der Waals surface area contributed by atoms with Crippen molar-refractivity contribution in [1.82, 2.24) is 9.21 Å². The molecule has 1 atom stereocenters. The average Bonchev–Trinajstić information content (AvgIpc) is 2.17. The molecule has 1 aliphatic heterocycles. The first-order valence-electron chi connectivity index (χ1n) is 4.98. The number of nitrogens with two attached hydrogens (primary N) is 1. The number of hydrogen-bond acceptors (Lipinski definition) is 5. The molecular formula is C8H17N3O4S. The Balaban J connectivity index is 2.58.